The zero-order valence-corrected chi connectivity index (χ0v) is 20.8. The summed E-state index contributed by atoms with van der Waals surface area (Å²) in [5.41, 5.74) is 1.48. The maximum absolute atomic E-state index is 12.6. The average molecular weight is 581 g/mol. The van der Waals surface area contributed by atoms with Gasteiger partial charge < -0.3 is 10.1 Å². The topological polar surface area (TPSA) is 96.5 Å². The van der Waals surface area contributed by atoms with E-state index in [4.69, 9.17) is 17.0 Å². The number of benzene rings is 3. The molecule has 0 bridgehead atoms. The van der Waals surface area contributed by atoms with Gasteiger partial charge in [0.05, 0.1) is 17.1 Å². The molecule has 0 heterocycles. The minimum absolute atomic E-state index is 0.0886. The third-order valence-corrected chi connectivity index (χ3v) is 6.73. The van der Waals surface area contributed by atoms with E-state index in [9.17, 15) is 13.2 Å². The van der Waals surface area contributed by atoms with E-state index in [1.54, 1.807) is 48.5 Å². The Morgan fingerprint density at radius 1 is 0.969 bits per heavy atom. The van der Waals surface area contributed by atoms with Crippen molar-refractivity contribution in [2.45, 2.75) is 11.8 Å². The summed E-state index contributed by atoms with van der Waals surface area (Å²) in [6.45, 7) is 2.41. The number of amides is 1. The second-order valence-electron chi connectivity index (χ2n) is 6.48. The molecule has 7 nitrogen and oxygen atoms in total. The standard InChI is InChI=1S/C22H20IN3O4S2/c1-2-30-17-11-7-16(8-12-17)26-32(28,29)18-13-9-15(10-14-18)24-22(31)25-21(27)19-5-3-4-6-20(19)23/h3-14,26H,2H2,1H3,(H2,24,25,27,31). The van der Waals surface area contributed by atoms with Crippen LogP contribution in [0.5, 0.6) is 5.75 Å². The highest BCUT2D eigenvalue weighted by Crippen LogP contribution is 2.21. The summed E-state index contributed by atoms with van der Waals surface area (Å²) in [5, 5.41) is 5.60. The molecule has 0 aliphatic rings. The third kappa shape index (κ3) is 6.40. The van der Waals surface area contributed by atoms with Gasteiger partial charge in [0.25, 0.3) is 15.9 Å². The second-order valence-corrected chi connectivity index (χ2v) is 9.73. The molecule has 32 heavy (non-hydrogen) atoms. The molecule has 0 spiro atoms. The molecule has 0 aromatic heterocycles. The highest BCUT2D eigenvalue weighted by Gasteiger charge is 2.15. The molecule has 1 amide bonds. The minimum atomic E-state index is -3.77. The lowest BCUT2D eigenvalue weighted by Gasteiger charge is -2.12. The van der Waals surface area contributed by atoms with Crippen LogP contribution in [0.2, 0.25) is 0 Å². The van der Waals surface area contributed by atoms with E-state index < -0.39 is 10.0 Å². The number of nitrogens with one attached hydrogen (secondary N) is 3. The molecule has 166 valence electrons. The Morgan fingerprint density at radius 2 is 1.59 bits per heavy atom. The molecule has 3 aromatic carbocycles. The van der Waals surface area contributed by atoms with Gasteiger partial charge in [-0.05, 0) is 102 Å². The SMILES string of the molecule is CCOc1ccc(NS(=O)(=O)c2ccc(NC(=S)NC(=O)c3ccccc3I)cc2)cc1. The van der Waals surface area contributed by atoms with Crippen LogP contribution in [-0.2, 0) is 10.0 Å². The molecule has 0 radical (unpaired) electrons. The zero-order valence-electron chi connectivity index (χ0n) is 17.0. The highest BCUT2D eigenvalue weighted by molar-refractivity contribution is 14.1. The molecule has 3 rings (SSSR count). The van der Waals surface area contributed by atoms with Crippen LogP contribution in [0, 0.1) is 3.57 Å². The summed E-state index contributed by atoms with van der Waals surface area (Å²) in [7, 11) is -3.77. The highest BCUT2D eigenvalue weighted by atomic mass is 127. The van der Waals surface area contributed by atoms with Gasteiger partial charge in [0, 0.05) is 14.9 Å². The van der Waals surface area contributed by atoms with Crippen LogP contribution in [0.1, 0.15) is 17.3 Å². The molecule has 3 N–H and O–H groups in total. The summed E-state index contributed by atoms with van der Waals surface area (Å²) in [5.74, 6) is 0.335. The van der Waals surface area contributed by atoms with Crippen molar-refractivity contribution < 1.29 is 17.9 Å². The molecule has 0 aliphatic carbocycles. The number of halogens is 1. The van der Waals surface area contributed by atoms with Crippen LogP contribution in [-0.4, -0.2) is 26.0 Å². The lowest BCUT2D eigenvalue weighted by molar-refractivity contribution is 0.0977. The fourth-order valence-corrected chi connectivity index (χ4v) is 4.60. The van der Waals surface area contributed by atoms with Gasteiger partial charge >= 0.3 is 0 Å². The number of sulfonamides is 1. The van der Waals surface area contributed by atoms with E-state index in [0.29, 0.717) is 29.3 Å². The Balaban J connectivity index is 1.61. The first-order chi connectivity index (χ1) is 15.3. The summed E-state index contributed by atoms with van der Waals surface area (Å²) in [6.07, 6.45) is 0. The van der Waals surface area contributed by atoms with Gasteiger partial charge in [-0.2, -0.15) is 0 Å². The minimum Gasteiger partial charge on any atom is -0.494 e. The normalized spacial score (nSPS) is 10.8. The van der Waals surface area contributed by atoms with E-state index in [1.165, 1.54) is 12.1 Å². The van der Waals surface area contributed by atoms with Crippen LogP contribution in [0.25, 0.3) is 0 Å². The third-order valence-electron chi connectivity index (χ3n) is 4.19. The maximum atomic E-state index is 12.6. The molecule has 0 saturated carbocycles. The Morgan fingerprint density at radius 3 is 2.22 bits per heavy atom. The largest absolute Gasteiger partial charge is 0.494 e. The Labute approximate surface area is 205 Å². The number of anilines is 2. The Bertz CT molecular complexity index is 1210. The summed E-state index contributed by atoms with van der Waals surface area (Å²) < 4.78 is 34.0. The summed E-state index contributed by atoms with van der Waals surface area (Å²) >= 11 is 7.27. The number of carbonyl (C=O) groups excluding carboxylic acids is 1. The maximum Gasteiger partial charge on any atom is 0.261 e. The van der Waals surface area contributed by atoms with Crippen LogP contribution in [0.15, 0.2) is 77.7 Å². The number of thiocarbonyl (C=S) groups is 1. The number of carbonyl (C=O) groups is 1. The Kier molecular flexibility index (Phi) is 8.04. The molecular weight excluding hydrogens is 561 g/mol. The van der Waals surface area contributed by atoms with Crippen molar-refractivity contribution in [1.29, 1.82) is 0 Å². The van der Waals surface area contributed by atoms with Crippen LogP contribution >= 0.6 is 34.8 Å². The molecule has 0 aliphatic heterocycles. The number of ether oxygens (including phenoxy) is 1. The predicted molar refractivity (Wildman–Crippen MR) is 138 cm³/mol. The predicted octanol–water partition coefficient (Wildman–Crippen LogP) is 4.62. The van der Waals surface area contributed by atoms with Gasteiger partial charge in [-0.15, -0.1) is 0 Å². The number of hydrogen-bond donors (Lipinski definition) is 3. The van der Waals surface area contributed by atoms with E-state index in [-0.39, 0.29) is 15.9 Å². The summed E-state index contributed by atoms with van der Waals surface area (Å²) in [6, 6.07) is 19.8. The van der Waals surface area contributed by atoms with Crippen molar-refractivity contribution in [3.05, 3.63) is 81.9 Å². The van der Waals surface area contributed by atoms with Crippen LogP contribution < -0.4 is 20.1 Å². The molecule has 3 aromatic rings. The molecular formula is C22H20IN3O4S2. The van der Waals surface area contributed by atoms with Crippen molar-refractivity contribution in [3.8, 4) is 5.75 Å². The van der Waals surface area contributed by atoms with Gasteiger partial charge in [-0.3, -0.25) is 14.8 Å². The van der Waals surface area contributed by atoms with Crippen molar-refractivity contribution in [1.82, 2.24) is 5.32 Å². The van der Waals surface area contributed by atoms with E-state index >= 15 is 0 Å². The van der Waals surface area contributed by atoms with Crippen molar-refractivity contribution in [2.24, 2.45) is 0 Å². The van der Waals surface area contributed by atoms with Crippen molar-refractivity contribution in [2.75, 3.05) is 16.6 Å². The van der Waals surface area contributed by atoms with Gasteiger partial charge in [-0.25, -0.2) is 8.42 Å². The molecule has 0 saturated heterocycles. The Hall–Kier alpha value is -2.70. The number of rotatable bonds is 7. The fourth-order valence-electron chi connectivity index (χ4n) is 2.70. The average Bonchev–Trinajstić information content (AvgIpc) is 2.75. The first-order valence-corrected chi connectivity index (χ1v) is 12.5. The van der Waals surface area contributed by atoms with E-state index in [2.05, 4.69) is 37.9 Å². The molecule has 10 heteroatoms. The van der Waals surface area contributed by atoms with Crippen LogP contribution in [0.4, 0.5) is 11.4 Å². The monoisotopic (exact) mass is 581 g/mol. The lowest BCUT2D eigenvalue weighted by atomic mass is 10.2. The second kappa shape index (κ2) is 10.7. The van der Waals surface area contributed by atoms with Crippen molar-refractivity contribution in [3.63, 3.8) is 0 Å². The quantitative estimate of drug-likeness (QED) is 0.279. The smallest absolute Gasteiger partial charge is 0.261 e. The first-order valence-electron chi connectivity index (χ1n) is 9.51. The fraction of sp³-hybridized carbons (Fsp3) is 0.0909. The van der Waals surface area contributed by atoms with Gasteiger partial charge in [0.15, 0.2) is 5.11 Å². The zero-order chi connectivity index (χ0) is 23.1. The molecule has 0 unspecified atom stereocenters. The first kappa shape index (κ1) is 24.0. The van der Waals surface area contributed by atoms with Gasteiger partial charge in [0.1, 0.15) is 5.75 Å². The molecule has 0 atom stereocenters. The van der Waals surface area contributed by atoms with Gasteiger partial charge in [-0.1, -0.05) is 12.1 Å². The van der Waals surface area contributed by atoms with Crippen LogP contribution in [0.3, 0.4) is 0 Å². The van der Waals surface area contributed by atoms with E-state index in [0.717, 1.165) is 3.57 Å². The summed E-state index contributed by atoms with van der Waals surface area (Å²) in [4.78, 5) is 12.4. The van der Waals surface area contributed by atoms with Crippen molar-refractivity contribution >= 4 is 67.2 Å². The molecule has 0 fully saturated rings. The van der Waals surface area contributed by atoms with Gasteiger partial charge in [0.2, 0.25) is 0 Å². The number of hydrogen-bond acceptors (Lipinski definition) is 5. The van der Waals surface area contributed by atoms with E-state index in [1.807, 2.05) is 19.1 Å². The lowest BCUT2D eigenvalue weighted by Crippen LogP contribution is -2.34.